The highest BCUT2D eigenvalue weighted by molar-refractivity contribution is 6.02. The summed E-state index contributed by atoms with van der Waals surface area (Å²) >= 11 is 0. The molecule has 1 N–H and O–H groups in total. The molecule has 0 spiro atoms. The van der Waals surface area contributed by atoms with Gasteiger partial charge in [-0.2, -0.15) is 0 Å². The second-order valence-corrected chi connectivity index (χ2v) is 9.36. The summed E-state index contributed by atoms with van der Waals surface area (Å²) in [5.74, 6) is -0.00384. The highest BCUT2D eigenvalue weighted by atomic mass is 16.5. The molecule has 2 amide bonds. The van der Waals surface area contributed by atoms with E-state index in [-0.39, 0.29) is 18.4 Å². The first kappa shape index (κ1) is 26.6. The molecule has 0 bridgehead atoms. The zero-order valence-electron chi connectivity index (χ0n) is 22.5. The van der Waals surface area contributed by atoms with Gasteiger partial charge in [0.15, 0.2) is 0 Å². The molecule has 0 aliphatic carbocycles. The van der Waals surface area contributed by atoms with Gasteiger partial charge in [0.05, 0.1) is 12.6 Å². The number of hydrogen-bond donors (Lipinski definition) is 1. The fourth-order valence-electron chi connectivity index (χ4n) is 4.81. The molecule has 4 aromatic carbocycles. The van der Waals surface area contributed by atoms with E-state index in [0.717, 1.165) is 16.6 Å². The first-order valence-corrected chi connectivity index (χ1v) is 13.2. The third-order valence-electron chi connectivity index (χ3n) is 6.83. The molecule has 0 saturated heterocycles. The number of aryl methyl sites for hydroxylation is 1. The number of nitrogens with one attached hydrogen (secondary N) is 1. The van der Waals surface area contributed by atoms with Crippen LogP contribution in [0.25, 0.3) is 11.0 Å². The number of anilines is 1. The maximum atomic E-state index is 14.3. The molecule has 1 heterocycles. The number of carbonyl (C=O) groups is 2. The summed E-state index contributed by atoms with van der Waals surface area (Å²) in [6.45, 7) is 2.26. The molecule has 8 nitrogen and oxygen atoms in total. The number of rotatable bonds is 10. The van der Waals surface area contributed by atoms with Crippen LogP contribution in [0, 0.1) is 0 Å². The van der Waals surface area contributed by atoms with E-state index in [1.165, 1.54) is 0 Å². The predicted octanol–water partition coefficient (Wildman–Crippen LogP) is 5.09. The first-order valence-electron chi connectivity index (χ1n) is 13.2. The van der Waals surface area contributed by atoms with Crippen molar-refractivity contribution in [3.05, 3.63) is 120 Å². The number of ether oxygens (including phenoxy) is 1. The number of para-hydroxylation sites is 2. The summed E-state index contributed by atoms with van der Waals surface area (Å²) in [4.78, 5) is 30.0. The van der Waals surface area contributed by atoms with Crippen LogP contribution in [0.4, 0.5) is 5.69 Å². The summed E-state index contributed by atoms with van der Waals surface area (Å²) < 4.78 is 7.05. The molecule has 1 aromatic heterocycles. The number of carbonyl (C=O) groups excluding carboxylic acids is 2. The van der Waals surface area contributed by atoms with E-state index in [2.05, 4.69) is 15.6 Å². The minimum absolute atomic E-state index is 0.0923. The molecule has 0 radical (unpaired) electrons. The van der Waals surface area contributed by atoms with Crippen LogP contribution in [0.1, 0.15) is 29.7 Å². The second-order valence-electron chi connectivity index (χ2n) is 9.36. The molecule has 0 aliphatic rings. The van der Waals surface area contributed by atoms with E-state index in [1.54, 1.807) is 22.8 Å². The Bertz CT molecular complexity index is 1620. The smallest absolute Gasteiger partial charge is 0.249 e. The van der Waals surface area contributed by atoms with Crippen molar-refractivity contribution in [3.8, 4) is 5.75 Å². The standard InChI is InChI=1S/C32H31N5O3/c1-3-24-14-7-9-18-28(24)37(30(38)22-36-29-19-10-8-17-27(29)34-35-36)31(25-15-11-16-26(20-25)40-2)32(39)33-21-23-12-5-4-6-13-23/h4-20,31H,3,21-22H2,1-2H3,(H,33,39)/t31-/m1/s1. The third kappa shape index (κ3) is 5.71. The molecule has 5 aromatic rings. The van der Waals surface area contributed by atoms with Crippen molar-refractivity contribution in [1.82, 2.24) is 20.3 Å². The largest absolute Gasteiger partial charge is 0.497 e. The Balaban J connectivity index is 1.60. The summed E-state index contributed by atoms with van der Waals surface area (Å²) in [6, 6.07) is 31.2. The zero-order valence-corrected chi connectivity index (χ0v) is 22.5. The van der Waals surface area contributed by atoms with Crippen molar-refractivity contribution >= 4 is 28.5 Å². The van der Waals surface area contributed by atoms with Crippen LogP contribution in [0.15, 0.2) is 103 Å². The zero-order chi connectivity index (χ0) is 27.9. The van der Waals surface area contributed by atoms with E-state index in [0.29, 0.717) is 35.5 Å². The fraction of sp³-hybridized carbons (Fsp3) is 0.188. The lowest BCUT2D eigenvalue weighted by Crippen LogP contribution is -2.45. The van der Waals surface area contributed by atoms with Gasteiger partial charge in [-0.05, 0) is 53.4 Å². The van der Waals surface area contributed by atoms with Gasteiger partial charge in [-0.3, -0.25) is 14.5 Å². The van der Waals surface area contributed by atoms with Gasteiger partial charge in [-0.15, -0.1) is 5.10 Å². The van der Waals surface area contributed by atoms with Crippen LogP contribution in [0.3, 0.4) is 0 Å². The average Bonchev–Trinajstić information content (AvgIpc) is 3.41. The number of hydrogen-bond acceptors (Lipinski definition) is 5. The minimum Gasteiger partial charge on any atom is -0.497 e. The lowest BCUT2D eigenvalue weighted by atomic mass is 10.00. The number of nitrogens with zero attached hydrogens (tertiary/aromatic N) is 4. The summed E-state index contributed by atoms with van der Waals surface area (Å²) in [5, 5.41) is 11.5. The highest BCUT2D eigenvalue weighted by Crippen LogP contribution is 2.33. The molecule has 0 saturated carbocycles. The lowest BCUT2D eigenvalue weighted by Gasteiger charge is -2.33. The Labute approximate surface area is 233 Å². The SMILES string of the molecule is CCc1ccccc1N(C(=O)Cn1nnc2ccccc21)[C@@H](C(=O)NCc1ccccc1)c1cccc(OC)c1. The van der Waals surface area contributed by atoms with Crippen LogP contribution in [0.2, 0.25) is 0 Å². The average molecular weight is 534 g/mol. The third-order valence-corrected chi connectivity index (χ3v) is 6.83. The molecule has 0 aliphatic heterocycles. The van der Waals surface area contributed by atoms with E-state index in [9.17, 15) is 9.59 Å². The van der Waals surface area contributed by atoms with Gasteiger partial charge in [0.1, 0.15) is 23.9 Å². The van der Waals surface area contributed by atoms with Crippen molar-refractivity contribution in [1.29, 1.82) is 0 Å². The monoisotopic (exact) mass is 533 g/mol. The van der Waals surface area contributed by atoms with E-state index < -0.39 is 6.04 Å². The lowest BCUT2D eigenvalue weighted by molar-refractivity contribution is -0.127. The van der Waals surface area contributed by atoms with Crippen molar-refractivity contribution < 1.29 is 14.3 Å². The van der Waals surface area contributed by atoms with Gasteiger partial charge >= 0.3 is 0 Å². The first-order chi connectivity index (χ1) is 19.6. The van der Waals surface area contributed by atoms with Crippen molar-refractivity contribution in [2.45, 2.75) is 32.5 Å². The van der Waals surface area contributed by atoms with Crippen molar-refractivity contribution in [2.24, 2.45) is 0 Å². The second kappa shape index (κ2) is 12.3. The van der Waals surface area contributed by atoms with Gasteiger partial charge in [-0.25, -0.2) is 4.68 Å². The van der Waals surface area contributed by atoms with Crippen LogP contribution in [0.5, 0.6) is 5.75 Å². The maximum Gasteiger partial charge on any atom is 0.249 e. The van der Waals surface area contributed by atoms with Gasteiger partial charge < -0.3 is 10.1 Å². The summed E-state index contributed by atoms with van der Waals surface area (Å²) in [6.07, 6.45) is 0.683. The van der Waals surface area contributed by atoms with Crippen molar-refractivity contribution in [2.75, 3.05) is 12.0 Å². The molecule has 40 heavy (non-hydrogen) atoms. The molecule has 1 atom stereocenters. The molecule has 8 heteroatoms. The van der Waals surface area contributed by atoms with E-state index in [4.69, 9.17) is 4.74 Å². The molecule has 202 valence electrons. The minimum atomic E-state index is -0.964. The van der Waals surface area contributed by atoms with Crippen LogP contribution >= 0.6 is 0 Å². The number of aromatic nitrogens is 3. The Morgan fingerprint density at radius 1 is 0.925 bits per heavy atom. The van der Waals surface area contributed by atoms with Gasteiger partial charge in [0.2, 0.25) is 11.8 Å². The van der Waals surface area contributed by atoms with Gasteiger partial charge in [-0.1, -0.05) is 84.9 Å². The van der Waals surface area contributed by atoms with Gasteiger partial charge in [0, 0.05) is 12.2 Å². The van der Waals surface area contributed by atoms with E-state index >= 15 is 0 Å². The Morgan fingerprint density at radius 3 is 2.48 bits per heavy atom. The Morgan fingerprint density at radius 2 is 1.68 bits per heavy atom. The summed E-state index contributed by atoms with van der Waals surface area (Å²) in [7, 11) is 1.58. The molecule has 0 fully saturated rings. The number of benzene rings is 4. The number of amides is 2. The number of fused-ring (bicyclic) bond motifs is 1. The quantitative estimate of drug-likeness (QED) is 0.270. The van der Waals surface area contributed by atoms with E-state index in [1.807, 2.05) is 104 Å². The summed E-state index contributed by atoms with van der Waals surface area (Å²) in [5.41, 5.74) is 4.64. The maximum absolute atomic E-state index is 14.3. The predicted molar refractivity (Wildman–Crippen MR) is 155 cm³/mol. The molecular formula is C32H31N5O3. The van der Waals surface area contributed by atoms with Gasteiger partial charge in [0.25, 0.3) is 0 Å². The molecule has 5 rings (SSSR count). The van der Waals surface area contributed by atoms with Crippen molar-refractivity contribution in [3.63, 3.8) is 0 Å². The van der Waals surface area contributed by atoms with Crippen LogP contribution in [-0.4, -0.2) is 33.9 Å². The fourth-order valence-corrected chi connectivity index (χ4v) is 4.81. The topological polar surface area (TPSA) is 89.4 Å². The van der Waals surface area contributed by atoms with Crippen LogP contribution in [-0.2, 0) is 29.1 Å². The number of methoxy groups -OCH3 is 1. The highest BCUT2D eigenvalue weighted by Gasteiger charge is 2.34. The normalized spacial score (nSPS) is 11.7. The molecular weight excluding hydrogens is 502 g/mol. The Hall–Kier alpha value is -4.98. The van der Waals surface area contributed by atoms with Crippen LogP contribution < -0.4 is 15.0 Å². The molecule has 0 unspecified atom stereocenters. The Kier molecular flexibility index (Phi) is 8.15.